The van der Waals surface area contributed by atoms with E-state index in [4.69, 9.17) is 0 Å². The fourth-order valence-electron chi connectivity index (χ4n) is 3.86. The molecule has 31 heavy (non-hydrogen) atoms. The number of nitrogens with one attached hydrogen (secondary N) is 1. The number of hydrogen-bond acceptors (Lipinski definition) is 4. The number of aromatic nitrogens is 1. The summed E-state index contributed by atoms with van der Waals surface area (Å²) in [6.45, 7) is 11.2. The third-order valence-electron chi connectivity index (χ3n) is 5.64. The van der Waals surface area contributed by atoms with Crippen molar-refractivity contribution < 1.29 is 0 Å². The van der Waals surface area contributed by atoms with Crippen molar-refractivity contribution >= 4 is 32.9 Å². The van der Waals surface area contributed by atoms with E-state index >= 15 is 0 Å². The third-order valence-corrected chi connectivity index (χ3v) is 6.58. The molecular formula is C27H33N3S. The molecule has 1 heterocycles. The molecule has 1 aromatic heterocycles. The van der Waals surface area contributed by atoms with Crippen LogP contribution in [0.1, 0.15) is 53.9 Å². The van der Waals surface area contributed by atoms with E-state index in [0.717, 1.165) is 20.9 Å². The van der Waals surface area contributed by atoms with Crippen molar-refractivity contribution in [1.82, 2.24) is 4.98 Å². The number of anilines is 1. The van der Waals surface area contributed by atoms with E-state index in [9.17, 15) is 0 Å². The van der Waals surface area contributed by atoms with Gasteiger partial charge in [0, 0.05) is 6.21 Å². The lowest BCUT2D eigenvalue weighted by Crippen LogP contribution is -2.19. The maximum Gasteiger partial charge on any atom is 0.204 e. The number of benzene rings is 1. The minimum absolute atomic E-state index is 0.285. The van der Waals surface area contributed by atoms with Crippen LogP contribution in [0.15, 0.2) is 88.1 Å². The second kappa shape index (κ2) is 10.5. The Hall–Kier alpha value is -2.72. The third kappa shape index (κ3) is 6.63. The van der Waals surface area contributed by atoms with Gasteiger partial charge in [-0.1, -0.05) is 78.8 Å². The topological polar surface area (TPSA) is 37.3 Å². The minimum atomic E-state index is 0.285. The second-order valence-electron chi connectivity index (χ2n) is 8.82. The maximum atomic E-state index is 4.50. The molecule has 1 aliphatic rings. The fraction of sp³-hybridized carbons (Fsp3) is 0.333. The Kier molecular flexibility index (Phi) is 7.80. The zero-order chi connectivity index (χ0) is 22.3. The highest BCUT2D eigenvalue weighted by atomic mass is 32.1. The Balaban J connectivity index is 1.53. The van der Waals surface area contributed by atoms with Gasteiger partial charge in [-0.25, -0.2) is 4.98 Å². The Morgan fingerprint density at radius 2 is 1.90 bits per heavy atom. The smallest absolute Gasteiger partial charge is 0.204 e. The normalized spacial score (nSPS) is 18.2. The molecule has 0 spiro atoms. The van der Waals surface area contributed by atoms with Crippen molar-refractivity contribution in [3.63, 3.8) is 0 Å². The first-order valence-corrected chi connectivity index (χ1v) is 11.7. The standard InChI is InChI=1S/C27H33N3S/c1-20(15-16-23-22(3)12-9-18-27(23,4)5)10-8-11-21(2)17-19-28-30-26-29-24-13-6-7-14-25(24)31-26/h6-8,10-11,13-17,19H,9,12,18H2,1-5H3,(H,29,30)/b11-8+,16-15+,20-10+,21-17+,28-19+. The summed E-state index contributed by atoms with van der Waals surface area (Å²) in [6.07, 6.45) is 18.4. The zero-order valence-electron chi connectivity index (χ0n) is 19.3. The summed E-state index contributed by atoms with van der Waals surface area (Å²) in [6, 6.07) is 8.09. The van der Waals surface area contributed by atoms with Crippen LogP contribution in [0.4, 0.5) is 5.13 Å². The Labute approximate surface area is 190 Å². The van der Waals surface area contributed by atoms with Crippen LogP contribution in [0.25, 0.3) is 10.2 Å². The van der Waals surface area contributed by atoms with Crippen LogP contribution in [0.5, 0.6) is 0 Å². The lowest BCUT2D eigenvalue weighted by molar-refractivity contribution is 0.377. The second-order valence-corrected chi connectivity index (χ2v) is 9.85. The highest BCUT2D eigenvalue weighted by Gasteiger charge is 2.26. The number of hydrazone groups is 1. The predicted molar refractivity (Wildman–Crippen MR) is 138 cm³/mol. The number of para-hydroxylation sites is 1. The molecule has 1 N–H and O–H groups in total. The van der Waals surface area contributed by atoms with Crippen molar-refractivity contribution in [1.29, 1.82) is 0 Å². The minimum Gasteiger partial charge on any atom is -0.253 e. The molecule has 2 aromatic rings. The largest absolute Gasteiger partial charge is 0.253 e. The SMILES string of the molecule is CC1=C(/C=C/C(C)=C/C=C/C(C)=C/C=N/Nc2nc3ccccc3s2)C(C)(C)CCC1. The summed E-state index contributed by atoms with van der Waals surface area (Å²) in [5.41, 5.74) is 9.70. The summed E-state index contributed by atoms with van der Waals surface area (Å²) in [4.78, 5) is 4.50. The highest BCUT2D eigenvalue weighted by molar-refractivity contribution is 7.22. The van der Waals surface area contributed by atoms with E-state index in [-0.39, 0.29) is 5.41 Å². The molecule has 162 valence electrons. The van der Waals surface area contributed by atoms with Crippen LogP contribution in [-0.4, -0.2) is 11.2 Å². The van der Waals surface area contributed by atoms with Crippen molar-refractivity contribution in [2.24, 2.45) is 10.5 Å². The van der Waals surface area contributed by atoms with Gasteiger partial charge in [0.1, 0.15) is 0 Å². The summed E-state index contributed by atoms with van der Waals surface area (Å²) >= 11 is 1.60. The molecule has 0 aliphatic heterocycles. The molecule has 0 radical (unpaired) electrons. The molecule has 1 aliphatic carbocycles. The first-order valence-electron chi connectivity index (χ1n) is 10.9. The van der Waals surface area contributed by atoms with Gasteiger partial charge in [0.25, 0.3) is 0 Å². The molecule has 0 unspecified atom stereocenters. The van der Waals surface area contributed by atoms with Crippen LogP contribution in [0.2, 0.25) is 0 Å². The van der Waals surface area contributed by atoms with Gasteiger partial charge >= 0.3 is 0 Å². The quantitative estimate of drug-likeness (QED) is 0.272. The molecular weight excluding hydrogens is 398 g/mol. The number of allylic oxidation sites excluding steroid dienone is 10. The van der Waals surface area contributed by atoms with Gasteiger partial charge < -0.3 is 0 Å². The molecule has 0 fully saturated rings. The molecule has 0 saturated carbocycles. The average Bonchev–Trinajstić information content (AvgIpc) is 3.13. The van der Waals surface area contributed by atoms with E-state index in [2.05, 4.69) is 86.6 Å². The van der Waals surface area contributed by atoms with Gasteiger partial charge in [-0.05, 0) is 74.8 Å². The van der Waals surface area contributed by atoms with E-state index in [1.807, 2.05) is 24.3 Å². The lowest BCUT2D eigenvalue weighted by Gasteiger charge is -2.32. The van der Waals surface area contributed by atoms with Gasteiger partial charge in [0.05, 0.1) is 10.2 Å². The van der Waals surface area contributed by atoms with Gasteiger partial charge in [0.15, 0.2) is 0 Å². The van der Waals surface area contributed by atoms with Gasteiger partial charge in [-0.3, -0.25) is 5.43 Å². The molecule has 0 atom stereocenters. The molecule has 3 rings (SSSR count). The summed E-state index contributed by atoms with van der Waals surface area (Å²) in [5.74, 6) is 0. The number of thiazole rings is 1. The van der Waals surface area contributed by atoms with Crippen molar-refractivity contribution in [2.45, 2.75) is 53.9 Å². The summed E-state index contributed by atoms with van der Waals surface area (Å²) < 4.78 is 1.16. The van der Waals surface area contributed by atoms with E-state index in [0.29, 0.717) is 0 Å². The van der Waals surface area contributed by atoms with Crippen LogP contribution >= 0.6 is 11.3 Å². The molecule has 1 aromatic carbocycles. The van der Waals surface area contributed by atoms with Crippen LogP contribution in [0.3, 0.4) is 0 Å². The van der Waals surface area contributed by atoms with Crippen LogP contribution in [-0.2, 0) is 0 Å². The van der Waals surface area contributed by atoms with Crippen molar-refractivity contribution in [2.75, 3.05) is 5.43 Å². The first-order chi connectivity index (χ1) is 14.8. The van der Waals surface area contributed by atoms with E-state index in [1.54, 1.807) is 17.6 Å². The predicted octanol–water partition coefficient (Wildman–Crippen LogP) is 8.23. The lowest BCUT2D eigenvalue weighted by atomic mass is 9.72. The molecule has 0 amide bonds. The van der Waals surface area contributed by atoms with Crippen LogP contribution in [0, 0.1) is 5.41 Å². The Morgan fingerprint density at radius 3 is 2.68 bits per heavy atom. The van der Waals surface area contributed by atoms with Gasteiger partial charge in [-0.15, -0.1) is 0 Å². The van der Waals surface area contributed by atoms with Crippen molar-refractivity contribution in [3.8, 4) is 0 Å². The van der Waals surface area contributed by atoms with E-state index in [1.165, 1.54) is 36.0 Å². The van der Waals surface area contributed by atoms with E-state index < -0.39 is 0 Å². The highest BCUT2D eigenvalue weighted by Crippen LogP contribution is 2.40. The monoisotopic (exact) mass is 431 g/mol. The number of fused-ring (bicyclic) bond motifs is 1. The molecule has 4 heteroatoms. The summed E-state index contributed by atoms with van der Waals surface area (Å²) in [5, 5.41) is 5.05. The number of rotatable bonds is 7. The molecule has 0 saturated heterocycles. The van der Waals surface area contributed by atoms with Gasteiger partial charge in [-0.2, -0.15) is 5.10 Å². The zero-order valence-corrected chi connectivity index (χ0v) is 20.1. The van der Waals surface area contributed by atoms with Crippen molar-refractivity contribution in [3.05, 3.63) is 83.0 Å². The molecule has 3 nitrogen and oxygen atoms in total. The summed E-state index contributed by atoms with van der Waals surface area (Å²) in [7, 11) is 0. The Morgan fingerprint density at radius 1 is 1.13 bits per heavy atom. The van der Waals surface area contributed by atoms with Crippen LogP contribution < -0.4 is 5.43 Å². The average molecular weight is 432 g/mol. The Bertz CT molecular complexity index is 1060. The van der Waals surface area contributed by atoms with Gasteiger partial charge in [0.2, 0.25) is 5.13 Å². The number of hydrogen-bond donors (Lipinski definition) is 1. The number of nitrogens with zero attached hydrogens (tertiary/aromatic N) is 2. The first kappa shape index (κ1) is 23.0. The molecule has 0 bridgehead atoms. The fourth-order valence-corrected chi connectivity index (χ4v) is 4.67. The maximum absolute atomic E-state index is 4.50.